The number of carbonyl (C=O) groups is 1. The Labute approximate surface area is 168 Å². The molecular weight excluding hydrogens is 350 g/mol. The largest absolute Gasteiger partial charge is 0.482 e. The summed E-state index contributed by atoms with van der Waals surface area (Å²) in [6.45, 7) is 6.39. The van der Waals surface area contributed by atoms with Gasteiger partial charge in [0, 0.05) is 12.6 Å². The summed E-state index contributed by atoms with van der Waals surface area (Å²) in [7, 11) is 0. The minimum atomic E-state index is -0.494. The van der Waals surface area contributed by atoms with Gasteiger partial charge in [-0.2, -0.15) is 0 Å². The molecule has 0 fully saturated rings. The predicted molar refractivity (Wildman–Crippen MR) is 111 cm³/mol. The molecule has 0 radical (unpaired) electrons. The van der Waals surface area contributed by atoms with E-state index in [0.29, 0.717) is 6.04 Å². The Morgan fingerprint density at radius 3 is 2.64 bits per heavy atom. The van der Waals surface area contributed by atoms with Crippen LogP contribution in [0.25, 0.3) is 0 Å². The van der Waals surface area contributed by atoms with Crippen molar-refractivity contribution in [2.45, 2.75) is 64.6 Å². The van der Waals surface area contributed by atoms with Crippen LogP contribution in [-0.2, 0) is 28.9 Å². The van der Waals surface area contributed by atoms with Crippen molar-refractivity contribution in [2.24, 2.45) is 0 Å². The first kappa shape index (κ1) is 20.4. The highest BCUT2D eigenvalue weighted by Crippen LogP contribution is 2.25. The predicted octanol–water partition coefficient (Wildman–Crippen LogP) is 4.44. The fraction of sp³-hybridized carbons (Fsp3) is 0.458. The van der Waals surface area contributed by atoms with Gasteiger partial charge in [-0.1, -0.05) is 36.4 Å². The molecule has 28 heavy (non-hydrogen) atoms. The van der Waals surface area contributed by atoms with Crippen LogP contribution in [0.4, 0.5) is 0 Å². The van der Waals surface area contributed by atoms with Gasteiger partial charge in [0.05, 0.1) is 0 Å². The Hall–Kier alpha value is -2.33. The molecule has 150 valence electrons. The SMILES string of the molecule is CC(C)(C)OC(=O)COc1ccc2c(c1)CC(NCc1ccccc1)CCC2. The van der Waals surface area contributed by atoms with Gasteiger partial charge in [0.2, 0.25) is 0 Å². The quantitative estimate of drug-likeness (QED) is 0.593. The molecule has 0 aromatic heterocycles. The smallest absolute Gasteiger partial charge is 0.344 e. The lowest BCUT2D eigenvalue weighted by Gasteiger charge is -2.20. The van der Waals surface area contributed by atoms with Gasteiger partial charge in [0.25, 0.3) is 0 Å². The Morgan fingerprint density at radius 1 is 1.11 bits per heavy atom. The number of fused-ring (bicyclic) bond motifs is 1. The first-order chi connectivity index (χ1) is 13.4. The molecule has 0 bridgehead atoms. The maximum atomic E-state index is 11.9. The molecule has 0 saturated heterocycles. The Bertz CT molecular complexity index is 780. The van der Waals surface area contributed by atoms with Gasteiger partial charge >= 0.3 is 5.97 Å². The number of ether oxygens (including phenoxy) is 2. The summed E-state index contributed by atoms with van der Waals surface area (Å²) in [4.78, 5) is 11.9. The third-order valence-corrected chi connectivity index (χ3v) is 4.86. The second kappa shape index (κ2) is 9.24. The molecule has 4 heteroatoms. The molecule has 1 N–H and O–H groups in total. The number of nitrogens with one attached hydrogen (secondary N) is 1. The second-order valence-electron chi connectivity index (χ2n) is 8.47. The summed E-state index contributed by atoms with van der Waals surface area (Å²) in [5.74, 6) is 0.387. The van der Waals surface area contributed by atoms with Crippen molar-refractivity contribution in [2.75, 3.05) is 6.61 Å². The van der Waals surface area contributed by atoms with Crippen LogP contribution < -0.4 is 10.1 Å². The van der Waals surface area contributed by atoms with Crippen LogP contribution >= 0.6 is 0 Å². The highest BCUT2D eigenvalue weighted by molar-refractivity contribution is 5.71. The van der Waals surface area contributed by atoms with E-state index in [1.807, 2.05) is 32.9 Å². The zero-order valence-electron chi connectivity index (χ0n) is 17.2. The zero-order chi connectivity index (χ0) is 20.0. The summed E-state index contributed by atoms with van der Waals surface area (Å²) in [5, 5.41) is 3.70. The standard InChI is InChI=1S/C24H31NO3/c1-24(2,3)28-23(26)17-27-22-13-12-19-10-7-11-21(14-20(19)15-22)25-16-18-8-5-4-6-9-18/h4-6,8-9,12-13,15,21,25H,7,10-11,14,16-17H2,1-3H3. The first-order valence-electron chi connectivity index (χ1n) is 10.1. The zero-order valence-corrected chi connectivity index (χ0v) is 17.2. The number of esters is 1. The lowest BCUT2D eigenvalue weighted by Crippen LogP contribution is -2.30. The maximum Gasteiger partial charge on any atom is 0.344 e. The summed E-state index contributed by atoms with van der Waals surface area (Å²) >= 11 is 0. The molecule has 3 rings (SSSR count). The average molecular weight is 382 g/mol. The Kier molecular flexibility index (Phi) is 6.74. The van der Waals surface area contributed by atoms with E-state index in [0.717, 1.165) is 31.6 Å². The number of hydrogen-bond acceptors (Lipinski definition) is 4. The van der Waals surface area contributed by atoms with Crippen molar-refractivity contribution in [3.8, 4) is 5.75 Å². The number of carbonyl (C=O) groups excluding carboxylic acids is 1. The first-order valence-corrected chi connectivity index (χ1v) is 10.1. The van der Waals surface area contributed by atoms with Crippen LogP contribution in [0.3, 0.4) is 0 Å². The average Bonchev–Trinajstić information content (AvgIpc) is 2.85. The van der Waals surface area contributed by atoms with Crippen molar-refractivity contribution in [1.82, 2.24) is 5.32 Å². The normalized spacial score (nSPS) is 16.8. The van der Waals surface area contributed by atoms with Gasteiger partial charge in [-0.25, -0.2) is 4.79 Å². The van der Waals surface area contributed by atoms with E-state index in [-0.39, 0.29) is 12.6 Å². The van der Waals surface area contributed by atoms with E-state index < -0.39 is 5.60 Å². The molecule has 1 atom stereocenters. The van der Waals surface area contributed by atoms with E-state index in [9.17, 15) is 4.79 Å². The topological polar surface area (TPSA) is 47.6 Å². The third kappa shape index (κ3) is 6.38. The highest BCUT2D eigenvalue weighted by Gasteiger charge is 2.19. The highest BCUT2D eigenvalue weighted by atomic mass is 16.6. The van der Waals surface area contributed by atoms with Crippen LogP contribution in [-0.4, -0.2) is 24.2 Å². The Morgan fingerprint density at radius 2 is 1.89 bits per heavy atom. The number of hydrogen-bond donors (Lipinski definition) is 1. The summed E-state index contributed by atoms with van der Waals surface area (Å²) in [6.07, 6.45) is 4.41. The number of aryl methyl sites for hydroxylation is 1. The van der Waals surface area contributed by atoms with Gasteiger partial charge in [-0.05, 0) is 75.3 Å². The monoisotopic (exact) mass is 381 g/mol. The van der Waals surface area contributed by atoms with Crippen molar-refractivity contribution in [3.05, 3.63) is 65.2 Å². The minimum Gasteiger partial charge on any atom is -0.482 e. The molecule has 1 unspecified atom stereocenters. The molecule has 2 aromatic rings. The van der Waals surface area contributed by atoms with E-state index in [2.05, 4.69) is 41.7 Å². The van der Waals surface area contributed by atoms with Crippen LogP contribution in [0.5, 0.6) is 5.75 Å². The number of benzene rings is 2. The molecule has 1 aliphatic carbocycles. The van der Waals surface area contributed by atoms with Crippen molar-refractivity contribution in [3.63, 3.8) is 0 Å². The third-order valence-electron chi connectivity index (χ3n) is 4.86. The summed E-state index contributed by atoms with van der Waals surface area (Å²) in [5.41, 5.74) is 3.51. The van der Waals surface area contributed by atoms with E-state index >= 15 is 0 Å². The van der Waals surface area contributed by atoms with Gasteiger partial charge in [-0.15, -0.1) is 0 Å². The Balaban J connectivity index is 1.58. The van der Waals surface area contributed by atoms with E-state index in [1.54, 1.807) is 0 Å². The second-order valence-corrected chi connectivity index (χ2v) is 8.47. The molecule has 0 amide bonds. The van der Waals surface area contributed by atoms with Gasteiger partial charge in [0.1, 0.15) is 11.4 Å². The molecule has 0 aliphatic heterocycles. The lowest BCUT2D eigenvalue weighted by atomic mass is 10.0. The van der Waals surface area contributed by atoms with Gasteiger partial charge in [0.15, 0.2) is 6.61 Å². The molecule has 4 nitrogen and oxygen atoms in total. The van der Waals surface area contributed by atoms with Gasteiger partial charge < -0.3 is 14.8 Å². The molecule has 0 spiro atoms. The van der Waals surface area contributed by atoms with Crippen molar-refractivity contribution >= 4 is 5.97 Å². The van der Waals surface area contributed by atoms with Crippen LogP contribution in [0.2, 0.25) is 0 Å². The van der Waals surface area contributed by atoms with Crippen molar-refractivity contribution < 1.29 is 14.3 Å². The molecular formula is C24H31NO3. The fourth-order valence-corrected chi connectivity index (χ4v) is 3.58. The summed E-state index contributed by atoms with van der Waals surface area (Å²) in [6, 6.07) is 17.1. The van der Waals surface area contributed by atoms with Crippen LogP contribution in [0.15, 0.2) is 48.5 Å². The van der Waals surface area contributed by atoms with Crippen LogP contribution in [0.1, 0.15) is 50.3 Å². The van der Waals surface area contributed by atoms with E-state index in [4.69, 9.17) is 9.47 Å². The van der Waals surface area contributed by atoms with Gasteiger partial charge in [-0.3, -0.25) is 0 Å². The summed E-state index contributed by atoms with van der Waals surface area (Å²) < 4.78 is 11.0. The minimum absolute atomic E-state index is 0.0637. The molecule has 0 saturated carbocycles. The maximum absolute atomic E-state index is 11.9. The van der Waals surface area contributed by atoms with Crippen molar-refractivity contribution in [1.29, 1.82) is 0 Å². The molecule has 2 aromatic carbocycles. The van der Waals surface area contributed by atoms with Crippen LogP contribution in [0, 0.1) is 0 Å². The van der Waals surface area contributed by atoms with E-state index in [1.165, 1.54) is 23.1 Å². The number of rotatable bonds is 6. The molecule has 1 aliphatic rings. The molecule has 0 heterocycles. The fourth-order valence-electron chi connectivity index (χ4n) is 3.58. The lowest BCUT2D eigenvalue weighted by molar-refractivity contribution is -0.157.